The summed E-state index contributed by atoms with van der Waals surface area (Å²) in [5.74, 6) is 8.01. The summed E-state index contributed by atoms with van der Waals surface area (Å²) in [5.41, 5.74) is 4.32. The third kappa shape index (κ3) is 8.91. The van der Waals surface area contributed by atoms with Crippen LogP contribution in [0.2, 0.25) is 0 Å². The first-order chi connectivity index (χ1) is 18.8. The molecule has 0 radical (unpaired) electrons. The van der Waals surface area contributed by atoms with Gasteiger partial charge in [-0.3, -0.25) is 21.1 Å². The standard InChI is InChI=1S/C35H72N4/c1-8-13-20-33(37-36,29-31(6)34(21-16-14-17-22-34)38(25-9-2)26-10-3)30-32(7)35(23-18-15-19-24-35)39(27-11-4)28-12-5/h31-32,37H,8-30,36H2,1-7H3. The van der Waals surface area contributed by atoms with Gasteiger partial charge in [-0.15, -0.1) is 0 Å². The number of hydrazine groups is 1. The van der Waals surface area contributed by atoms with E-state index in [1.807, 2.05) is 0 Å². The number of nitrogens with one attached hydrogen (secondary N) is 1. The van der Waals surface area contributed by atoms with E-state index in [2.05, 4.69) is 63.7 Å². The lowest BCUT2D eigenvalue weighted by Crippen LogP contribution is -2.61. The highest BCUT2D eigenvalue weighted by Crippen LogP contribution is 2.47. The van der Waals surface area contributed by atoms with Crippen molar-refractivity contribution in [3.05, 3.63) is 0 Å². The molecule has 2 rings (SSSR count). The monoisotopic (exact) mass is 549 g/mol. The Morgan fingerprint density at radius 3 is 1.26 bits per heavy atom. The van der Waals surface area contributed by atoms with Crippen LogP contribution < -0.4 is 11.3 Å². The first-order valence-electron chi connectivity index (χ1n) is 17.8. The maximum atomic E-state index is 6.70. The summed E-state index contributed by atoms with van der Waals surface area (Å²) in [7, 11) is 0. The normalized spacial score (nSPS) is 22.6. The van der Waals surface area contributed by atoms with E-state index in [1.54, 1.807) is 0 Å². The van der Waals surface area contributed by atoms with Crippen LogP contribution in [-0.2, 0) is 0 Å². The highest BCUT2D eigenvalue weighted by molar-refractivity contribution is 5.05. The van der Waals surface area contributed by atoms with Gasteiger partial charge < -0.3 is 0 Å². The molecule has 0 amide bonds. The Labute approximate surface area is 246 Å². The van der Waals surface area contributed by atoms with Crippen LogP contribution in [0.15, 0.2) is 0 Å². The minimum absolute atomic E-state index is 0.0257. The SMILES string of the molecule is CCCCC(CC(C)C1(N(CCC)CCC)CCCCC1)(CC(C)C1(N(CCC)CCC)CCCCC1)NN. The van der Waals surface area contributed by atoms with E-state index in [1.165, 1.54) is 148 Å². The number of nitrogens with zero attached hydrogens (tertiary/aromatic N) is 2. The second-order valence-corrected chi connectivity index (χ2v) is 14.0. The molecule has 0 aliphatic heterocycles. The molecule has 0 aromatic heterocycles. The summed E-state index contributed by atoms with van der Waals surface area (Å²) in [6.07, 6.45) is 25.1. The first-order valence-corrected chi connectivity index (χ1v) is 17.8. The second kappa shape index (κ2) is 17.7. The van der Waals surface area contributed by atoms with Crippen LogP contribution in [0.3, 0.4) is 0 Å². The highest BCUT2D eigenvalue weighted by atomic mass is 15.3. The van der Waals surface area contributed by atoms with Crippen molar-refractivity contribution >= 4 is 0 Å². The predicted octanol–water partition coefficient (Wildman–Crippen LogP) is 9.08. The molecule has 0 spiro atoms. The van der Waals surface area contributed by atoms with E-state index in [9.17, 15) is 0 Å². The molecular weight excluding hydrogens is 476 g/mol. The van der Waals surface area contributed by atoms with Gasteiger partial charge in [-0.1, -0.05) is 99.8 Å². The predicted molar refractivity (Wildman–Crippen MR) is 173 cm³/mol. The van der Waals surface area contributed by atoms with Crippen molar-refractivity contribution in [2.45, 2.75) is 187 Å². The van der Waals surface area contributed by atoms with Crippen molar-refractivity contribution in [1.29, 1.82) is 0 Å². The third-order valence-corrected chi connectivity index (χ3v) is 11.2. The van der Waals surface area contributed by atoms with Gasteiger partial charge in [-0.2, -0.15) is 0 Å². The van der Waals surface area contributed by atoms with Crippen LogP contribution in [0.4, 0.5) is 0 Å². The van der Waals surface area contributed by atoms with Crippen molar-refractivity contribution < 1.29 is 0 Å². The maximum Gasteiger partial charge on any atom is 0.0327 e. The van der Waals surface area contributed by atoms with Crippen molar-refractivity contribution in [1.82, 2.24) is 15.2 Å². The van der Waals surface area contributed by atoms with Gasteiger partial charge in [0.15, 0.2) is 0 Å². The first kappa shape index (κ1) is 35.0. The van der Waals surface area contributed by atoms with E-state index in [4.69, 9.17) is 5.84 Å². The summed E-state index contributed by atoms with van der Waals surface area (Å²) in [5, 5.41) is 0. The lowest BCUT2D eigenvalue weighted by atomic mass is 9.63. The smallest absolute Gasteiger partial charge is 0.0327 e. The molecular formula is C35H72N4. The zero-order valence-electron chi connectivity index (χ0n) is 27.9. The average Bonchev–Trinajstić information content (AvgIpc) is 2.96. The van der Waals surface area contributed by atoms with E-state index < -0.39 is 0 Å². The number of unbranched alkanes of at least 4 members (excludes halogenated alkanes) is 1. The molecule has 0 aromatic rings. The van der Waals surface area contributed by atoms with Gasteiger partial charge in [0, 0.05) is 16.6 Å². The lowest BCUT2D eigenvalue weighted by Gasteiger charge is -2.55. The van der Waals surface area contributed by atoms with Crippen molar-refractivity contribution in [3.8, 4) is 0 Å². The molecule has 0 aromatic carbocycles. The lowest BCUT2D eigenvalue weighted by molar-refractivity contribution is -0.0295. The molecule has 2 fully saturated rings. The van der Waals surface area contributed by atoms with Gasteiger partial charge in [0.25, 0.3) is 0 Å². The van der Waals surface area contributed by atoms with Crippen LogP contribution in [0.5, 0.6) is 0 Å². The Morgan fingerprint density at radius 1 is 0.615 bits per heavy atom. The molecule has 2 atom stereocenters. The maximum absolute atomic E-state index is 6.70. The summed E-state index contributed by atoms with van der Waals surface area (Å²) < 4.78 is 0. The van der Waals surface area contributed by atoms with Crippen LogP contribution >= 0.6 is 0 Å². The molecule has 4 nitrogen and oxygen atoms in total. The summed E-state index contributed by atoms with van der Waals surface area (Å²) in [6, 6.07) is 0. The van der Waals surface area contributed by atoms with Crippen LogP contribution in [0, 0.1) is 11.8 Å². The van der Waals surface area contributed by atoms with Crippen molar-refractivity contribution in [3.63, 3.8) is 0 Å². The molecule has 0 saturated heterocycles. The van der Waals surface area contributed by atoms with E-state index >= 15 is 0 Å². The Hall–Kier alpha value is -0.160. The molecule has 2 unspecified atom stereocenters. The van der Waals surface area contributed by atoms with Gasteiger partial charge in [-0.05, 0) is 109 Å². The highest BCUT2D eigenvalue weighted by Gasteiger charge is 2.48. The summed E-state index contributed by atoms with van der Waals surface area (Å²) in [4.78, 5) is 5.88. The molecule has 2 saturated carbocycles. The molecule has 2 aliphatic rings. The van der Waals surface area contributed by atoms with Gasteiger partial charge >= 0.3 is 0 Å². The zero-order chi connectivity index (χ0) is 28.8. The fraction of sp³-hybridized carbons (Fsp3) is 1.00. The molecule has 0 bridgehead atoms. The molecule has 39 heavy (non-hydrogen) atoms. The largest absolute Gasteiger partial charge is 0.297 e. The van der Waals surface area contributed by atoms with Crippen molar-refractivity contribution in [2.24, 2.45) is 17.7 Å². The third-order valence-electron chi connectivity index (χ3n) is 11.2. The average molecular weight is 549 g/mol. The molecule has 0 heterocycles. The fourth-order valence-electron chi connectivity index (χ4n) is 9.31. The number of nitrogens with two attached hydrogens (primary N) is 1. The molecule has 2 aliphatic carbocycles. The van der Waals surface area contributed by atoms with Crippen LogP contribution in [-0.4, -0.2) is 52.6 Å². The Balaban J connectivity index is 2.42. The van der Waals surface area contributed by atoms with E-state index in [0.29, 0.717) is 22.9 Å². The van der Waals surface area contributed by atoms with Gasteiger partial charge in [0.1, 0.15) is 0 Å². The number of rotatable bonds is 20. The van der Waals surface area contributed by atoms with Gasteiger partial charge in [-0.25, -0.2) is 0 Å². The van der Waals surface area contributed by atoms with E-state index in [0.717, 1.165) is 0 Å². The Morgan fingerprint density at radius 2 is 0.974 bits per heavy atom. The number of hydrogen-bond acceptors (Lipinski definition) is 4. The fourth-order valence-corrected chi connectivity index (χ4v) is 9.31. The van der Waals surface area contributed by atoms with E-state index in [-0.39, 0.29) is 5.54 Å². The van der Waals surface area contributed by atoms with Gasteiger partial charge in [0.2, 0.25) is 0 Å². The Kier molecular flexibility index (Phi) is 15.9. The van der Waals surface area contributed by atoms with Crippen LogP contribution in [0.25, 0.3) is 0 Å². The Bertz CT molecular complexity index is 564. The molecule has 3 N–H and O–H groups in total. The quantitative estimate of drug-likeness (QED) is 0.118. The minimum atomic E-state index is 0.0257. The van der Waals surface area contributed by atoms with Crippen LogP contribution in [0.1, 0.15) is 170 Å². The van der Waals surface area contributed by atoms with Gasteiger partial charge in [0.05, 0.1) is 0 Å². The number of hydrogen-bond donors (Lipinski definition) is 2. The summed E-state index contributed by atoms with van der Waals surface area (Å²) in [6.45, 7) is 22.1. The minimum Gasteiger partial charge on any atom is -0.297 e. The topological polar surface area (TPSA) is 44.5 Å². The van der Waals surface area contributed by atoms with Crippen molar-refractivity contribution in [2.75, 3.05) is 26.2 Å². The molecule has 4 heteroatoms. The molecule has 232 valence electrons. The summed E-state index contributed by atoms with van der Waals surface area (Å²) >= 11 is 0. The second-order valence-electron chi connectivity index (χ2n) is 14.0. The zero-order valence-corrected chi connectivity index (χ0v) is 27.9.